The maximum atomic E-state index is 6.51. The summed E-state index contributed by atoms with van der Waals surface area (Å²) in [6, 6.07) is 34.1. The number of hydrogen-bond donors (Lipinski definition) is 0. The van der Waals surface area contributed by atoms with E-state index in [4.69, 9.17) is 11.6 Å². The van der Waals surface area contributed by atoms with Crippen LogP contribution in [0.15, 0.2) is 103 Å². The molecule has 0 saturated carbocycles. The van der Waals surface area contributed by atoms with Crippen molar-refractivity contribution >= 4 is 34.8 Å². The van der Waals surface area contributed by atoms with E-state index in [1.165, 1.54) is 15.9 Å². The Morgan fingerprint density at radius 1 is 0.630 bits per heavy atom. The second-order valence-electron chi connectivity index (χ2n) is 6.51. The predicted molar refractivity (Wildman–Crippen MR) is 117 cm³/mol. The van der Waals surface area contributed by atoms with Crippen LogP contribution in [0.25, 0.3) is 0 Å². The van der Waals surface area contributed by atoms with E-state index in [-0.39, 0.29) is 0 Å². The van der Waals surface area contributed by atoms with Gasteiger partial charge in [-0.1, -0.05) is 0 Å². The Morgan fingerprint density at radius 3 is 1.48 bits per heavy atom. The van der Waals surface area contributed by atoms with Crippen molar-refractivity contribution in [3.63, 3.8) is 0 Å². The van der Waals surface area contributed by atoms with Crippen molar-refractivity contribution in [2.24, 2.45) is 0 Å². The molecule has 1 heterocycles. The summed E-state index contributed by atoms with van der Waals surface area (Å²) in [7, 11) is -2.38. The molecule has 0 aliphatic rings. The second-order valence-corrected chi connectivity index (χ2v) is 10.8. The third-order valence-electron chi connectivity index (χ3n) is 4.97. The first-order chi connectivity index (χ1) is 13.3. The van der Waals surface area contributed by atoms with Gasteiger partial charge in [-0.2, -0.15) is 0 Å². The van der Waals surface area contributed by atoms with E-state index in [2.05, 4.69) is 101 Å². The van der Waals surface area contributed by atoms with Crippen LogP contribution < -0.4 is 15.9 Å². The van der Waals surface area contributed by atoms with Crippen LogP contribution >= 0.6 is 18.9 Å². The Bertz CT molecular complexity index is 911. The van der Waals surface area contributed by atoms with Gasteiger partial charge in [0.25, 0.3) is 0 Å². The summed E-state index contributed by atoms with van der Waals surface area (Å²) in [4.78, 5) is 0. The average Bonchev–Trinajstić information content (AvgIpc) is 2.75. The van der Waals surface area contributed by atoms with Crippen LogP contribution in [0.3, 0.4) is 0 Å². The molecule has 0 unspecified atom stereocenters. The predicted octanol–water partition coefficient (Wildman–Crippen LogP) is 4.36. The van der Waals surface area contributed by atoms with Crippen LogP contribution in [0.5, 0.6) is 0 Å². The van der Waals surface area contributed by atoms with Gasteiger partial charge >= 0.3 is 165 Å². The minimum atomic E-state index is -2.38. The Kier molecular flexibility index (Phi) is 5.29. The molecule has 0 bridgehead atoms. The van der Waals surface area contributed by atoms with Gasteiger partial charge < -0.3 is 0 Å². The van der Waals surface area contributed by atoms with E-state index in [9.17, 15) is 0 Å². The first kappa shape index (κ1) is 17.9. The average molecular weight is 391 g/mol. The third kappa shape index (κ3) is 3.51. The summed E-state index contributed by atoms with van der Waals surface area (Å²) in [5, 5.41) is 13.2. The molecule has 0 radical (unpaired) electrons. The maximum absolute atomic E-state index is 6.51. The number of aromatic nitrogens is 2. The van der Waals surface area contributed by atoms with Crippen molar-refractivity contribution in [2.45, 2.75) is 6.16 Å². The number of halogens is 1. The number of hydrogen-bond acceptors (Lipinski definition) is 2. The molecule has 0 fully saturated rings. The fraction of sp³-hybridized carbons (Fsp3) is 0.0435. The van der Waals surface area contributed by atoms with Gasteiger partial charge in [0, 0.05) is 0 Å². The minimum absolute atomic E-state index is 0.671. The van der Waals surface area contributed by atoms with Gasteiger partial charge in [0.05, 0.1) is 0 Å². The number of nitrogens with zero attached hydrogens (tertiary/aromatic N) is 2. The summed E-state index contributed by atoms with van der Waals surface area (Å²) in [6.45, 7) is 0. The molecular formula is C23H20ClN2P. The molecule has 0 aliphatic heterocycles. The molecule has 0 aliphatic carbocycles. The summed E-state index contributed by atoms with van der Waals surface area (Å²) >= 11 is 6.51. The SMILES string of the molecule is Clc1ccnnc1C[PH](c1ccccc1)(c1ccccc1)c1ccccc1. The molecule has 0 atom stereocenters. The Balaban J connectivity index is 2.02. The Morgan fingerprint density at radius 2 is 1.07 bits per heavy atom. The molecule has 1 aromatic heterocycles. The zero-order chi connectivity index (χ0) is 18.5. The van der Waals surface area contributed by atoms with Crippen molar-refractivity contribution in [2.75, 3.05) is 0 Å². The molecule has 0 amide bonds. The topological polar surface area (TPSA) is 25.8 Å². The van der Waals surface area contributed by atoms with Crippen molar-refractivity contribution in [3.8, 4) is 0 Å². The summed E-state index contributed by atoms with van der Waals surface area (Å²) in [5.74, 6) is 0. The fourth-order valence-electron chi connectivity index (χ4n) is 3.69. The van der Waals surface area contributed by atoms with Crippen LogP contribution in [-0.2, 0) is 6.16 Å². The molecule has 27 heavy (non-hydrogen) atoms. The van der Waals surface area contributed by atoms with Crippen LogP contribution in [0.2, 0.25) is 5.02 Å². The van der Waals surface area contributed by atoms with Gasteiger partial charge in [-0.25, -0.2) is 0 Å². The zero-order valence-corrected chi connectivity index (χ0v) is 16.6. The molecule has 2 nitrogen and oxygen atoms in total. The van der Waals surface area contributed by atoms with E-state index in [1.807, 2.05) is 6.07 Å². The Hall–Kier alpha value is -2.54. The number of benzene rings is 3. The van der Waals surface area contributed by atoms with Crippen LogP contribution in [0, 0.1) is 0 Å². The monoisotopic (exact) mass is 390 g/mol. The van der Waals surface area contributed by atoms with Crippen molar-refractivity contribution in [1.82, 2.24) is 10.2 Å². The van der Waals surface area contributed by atoms with Crippen molar-refractivity contribution < 1.29 is 0 Å². The molecule has 0 spiro atoms. The summed E-state index contributed by atoms with van der Waals surface area (Å²) in [6.07, 6.45) is 2.40. The fourth-order valence-corrected chi connectivity index (χ4v) is 8.62. The Labute approximate surface area is 165 Å². The molecule has 4 heteroatoms. The van der Waals surface area contributed by atoms with Crippen molar-refractivity contribution in [3.05, 3.63) is 114 Å². The zero-order valence-electron chi connectivity index (χ0n) is 14.8. The molecular weight excluding hydrogens is 371 g/mol. The van der Waals surface area contributed by atoms with Crippen molar-refractivity contribution in [1.29, 1.82) is 0 Å². The van der Waals surface area contributed by atoms with Gasteiger partial charge in [-0.15, -0.1) is 0 Å². The van der Waals surface area contributed by atoms with E-state index in [1.54, 1.807) is 6.20 Å². The van der Waals surface area contributed by atoms with Crippen LogP contribution in [0.1, 0.15) is 5.69 Å². The normalized spacial score (nSPS) is 11.9. The van der Waals surface area contributed by atoms with E-state index < -0.39 is 7.26 Å². The first-order valence-corrected chi connectivity index (χ1v) is 11.5. The van der Waals surface area contributed by atoms with E-state index >= 15 is 0 Å². The molecule has 134 valence electrons. The summed E-state index contributed by atoms with van der Waals surface area (Å²) in [5.41, 5.74) is 0.849. The third-order valence-corrected chi connectivity index (χ3v) is 10.1. The molecule has 4 aromatic rings. The molecule has 0 N–H and O–H groups in total. The van der Waals surface area contributed by atoms with Gasteiger partial charge in [-0.3, -0.25) is 0 Å². The van der Waals surface area contributed by atoms with Gasteiger partial charge in [0.2, 0.25) is 0 Å². The van der Waals surface area contributed by atoms with Crippen LogP contribution in [-0.4, -0.2) is 10.2 Å². The van der Waals surface area contributed by atoms with Gasteiger partial charge in [0.15, 0.2) is 0 Å². The van der Waals surface area contributed by atoms with Gasteiger partial charge in [0.1, 0.15) is 0 Å². The molecule has 4 rings (SSSR count). The van der Waals surface area contributed by atoms with Gasteiger partial charge in [-0.05, 0) is 0 Å². The number of rotatable bonds is 5. The standard InChI is InChI=1S/C23H20ClN2P/c24-22-16-17-25-26-23(22)18-27(19-10-4-1-5-11-19,20-12-6-2-7-13-20)21-14-8-3-9-15-21/h1-17,27H,18H2. The molecule has 0 saturated heterocycles. The first-order valence-electron chi connectivity index (χ1n) is 8.93. The quantitative estimate of drug-likeness (QED) is 0.473. The second kappa shape index (κ2) is 8.00. The van der Waals surface area contributed by atoms with E-state index in [0.29, 0.717) is 5.02 Å². The van der Waals surface area contributed by atoms with Crippen LogP contribution in [0.4, 0.5) is 0 Å². The van der Waals surface area contributed by atoms with E-state index in [0.717, 1.165) is 11.9 Å². The molecule has 3 aromatic carbocycles. The summed E-state index contributed by atoms with van der Waals surface area (Å²) < 4.78 is 0.